The van der Waals surface area contributed by atoms with Crippen LogP contribution in [0.3, 0.4) is 0 Å². The van der Waals surface area contributed by atoms with Crippen LogP contribution >= 0.6 is 0 Å². The molecule has 1 aromatic carbocycles. The van der Waals surface area contributed by atoms with Gasteiger partial charge in [-0.25, -0.2) is 12.8 Å². The Kier molecular flexibility index (Phi) is 5.88. The zero-order chi connectivity index (χ0) is 23.3. The second-order valence-corrected chi connectivity index (χ2v) is 10.0. The molecule has 0 radical (unpaired) electrons. The largest absolute Gasteiger partial charge is 0.416 e. The number of likely N-dealkylation sites (tertiary alicyclic amines) is 1. The molecule has 0 aliphatic carbocycles. The van der Waals surface area contributed by atoms with Crippen LogP contribution in [0.15, 0.2) is 18.2 Å². The van der Waals surface area contributed by atoms with Crippen molar-refractivity contribution in [3.05, 3.63) is 52.1 Å². The van der Waals surface area contributed by atoms with Gasteiger partial charge in [-0.3, -0.25) is 14.8 Å². The minimum Gasteiger partial charge on any atom is -0.296 e. The molecule has 1 aromatic heterocycles. The minimum absolute atomic E-state index is 0.0120. The molecule has 1 fully saturated rings. The van der Waals surface area contributed by atoms with E-state index in [1.165, 1.54) is 4.31 Å². The fourth-order valence-electron chi connectivity index (χ4n) is 4.79. The van der Waals surface area contributed by atoms with Crippen LogP contribution in [0.2, 0.25) is 0 Å². The van der Waals surface area contributed by atoms with E-state index in [-0.39, 0.29) is 37.2 Å². The highest BCUT2D eigenvalue weighted by Gasteiger charge is 2.45. The number of fused-ring (bicyclic) bond motifs is 1. The Morgan fingerprint density at radius 1 is 1.22 bits per heavy atom. The Balaban J connectivity index is 1.90. The summed E-state index contributed by atoms with van der Waals surface area (Å²) < 4.78 is 81.8. The van der Waals surface area contributed by atoms with Crippen LogP contribution in [0.1, 0.15) is 64.3 Å². The van der Waals surface area contributed by atoms with Crippen molar-refractivity contribution in [1.82, 2.24) is 19.4 Å². The van der Waals surface area contributed by atoms with E-state index >= 15 is 0 Å². The molecule has 0 saturated carbocycles. The lowest BCUT2D eigenvalue weighted by molar-refractivity contribution is -0.139. The highest BCUT2D eigenvalue weighted by Crippen LogP contribution is 2.46. The molecule has 32 heavy (non-hydrogen) atoms. The van der Waals surface area contributed by atoms with Crippen molar-refractivity contribution in [2.24, 2.45) is 0 Å². The first-order valence-electron chi connectivity index (χ1n) is 10.1. The molecule has 1 saturated heterocycles. The van der Waals surface area contributed by atoms with Crippen molar-refractivity contribution in [2.75, 3.05) is 19.3 Å². The molecule has 3 heterocycles. The molecule has 12 heteroatoms. The van der Waals surface area contributed by atoms with E-state index < -0.39 is 39.8 Å². The van der Waals surface area contributed by atoms with Crippen molar-refractivity contribution in [3.8, 4) is 0 Å². The van der Waals surface area contributed by atoms with Crippen LogP contribution in [0, 0.1) is 5.82 Å². The fraction of sp³-hybridized carbons (Fsp3) is 0.500. The third-order valence-corrected chi connectivity index (χ3v) is 7.33. The van der Waals surface area contributed by atoms with Gasteiger partial charge >= 0.3 is 6.18 Å². The number of aromatic amines is 1. The van der Waals surface area contributed by atoms with Gasteiger partial charge in [0, 0.05) is 36.8 Å². The number of alkyl halides is 3. The first-order chi connectivity index (χ1) is 15.0. The number of piperidine rings is 1. The first kappa shape index (κ1) is 22.9. The molecule has 4 rings (SSSR count). The van der Waals surface area contributed by atoms with Crippen LogP contribution in [0.5, 0.6) is 0 Å². The average Bonchev–Trinajstić information content (AvgIpc) is 3.15. The molecule has 0 amide bonds. The van der Waals surface area contributed by atoms with Crippen molar-refractivity contribution >= 4 is 16.3 Å². The van der Waals surface area contributed by atoms with E-state index in [4.69, 9.17) is 0 Å². The number of carbonyl (C=O) groups is 1. The highest BCUT2D eigenvalue weighted by molar-refractivity contribution is 7.88. The maximum absolute atomic E-state index is 14.1. The molecule has 2 aromatic rings. The van der Waals surface area contributed by atoms with Gasteiger partial charge in [-0.1, -0.05) is 6.42 Å². The monoisotopic (exact) mass is 474 g/mol. The number of hydrogen-bond donors (Lipinski definition) is 1. The summed E-state index contributed by atoms with van der Waals surface area (Å²) in [5, 5.41) is 6.71. The lowest BCUT2D eigenvalue weighted by atomic mass is 9.89. The quantitative estimate of drug-likeness (QED) is 0.542. The maximum Gasteiger partial charge on any atom is 0.416 e. The summed E-state index contributed by atoms with van der Waals surface area (Å²) in [6, 6.07) is 1.45. The normalized spacial score (nSPS) is 23.2. The van der Waals surface area contributed by atoms with Crippen molar-refractivity contribution in [3.63, 3.8) is 0 Å². The number of rotatable bonds is 4. The number of sulfonamides is 1. The van der Waals surface area contributed by atoms with Gasteiger partial charge in [0.25, 0.3) is 0 Å². The van der Waals surface area contributed by atoms with E-state index in [1.54, 1.807) is 4.90 Å². The SMILES string of the molecule is CS(=O)(=O)N1CCc2[nH]nc(C=O)c2C1N1CCCCC1c1cc(F)ccc1C(F)(F)F. The smallest absolute Gasteiger partial charge is 0.296 e. The molecular weight excluding hydrogens is 452 g/mol. The number of halogens is 4. The average molecular weight is 474 g/mol. The number of aromatic nitrogens is 2. The van der Waals surface area contributed by atoms with Gasteiger partial charge in [-0.15, -0.1) is 0 Å². The molecule has 7 nitrogen and oxygen atoms in total. The molecule has 1 N–H and O–H groups in total. The Hall–Kier alpha value is -2.31. The van der Waals surface area contributed by atoms with Crippen molar-refractivity contribution in [1.29, 1.82) is 0 Å². The van der Waals surface area contributed by atoms with E-state index in [0.29, 0.717) is 36.5 Å². The van der Waals surface area contributed by atoms with E-state index in [9.17, 15) is 30.8 Å². The Bertz CT molecular complexity index is 1130. The van der Waals surface area contributed by atoms with E-state index in [1.807, 2.05) is 0 Å². The zero-order valence-electron chi connectivity index (χ0n) is 17.2. The lowest BCUT2D eigenvalue weighted by Crippen LogP contribution is -2.50. The molecule has 2 aliphatic heterocycles. The number of aldehydes is 1. The summed E-state index contributed by atoms with van der Waals surface area (Å²) in [4.78, 5) is 13.3. The summed E-state index contributed by atoms with van der Waals surface area (Å²) in [7, 11) is -3.78. The predicted molar refractivity (Wildman–Crippen MR) is 107 cm³/mol. The number of nitrogens with zero attached hydrogens (tertiary/aromatic N) is 3. The van der Waals surface area contributed by atoms with Gasteiger partial charge in [0.05, 0.1) is 11.8 Å². The molecule has 2 aliphatic rings. The van der Waals surface area contributed by atoms with Gasteiger partial charge in [0.2, 0.25) is 10.0 Å². The number of H-pyrrole nitrogens is 1. The van der Waals surface area contributed by atoms with Crippen LogP contribution < -0.4 is 0 Å². The van der Waals surface area contributed by atoms with Crippen LogP contribution in [-0.4, -0.2) is 53.5 Å². The number of nitrogens with one attached hydrogen (secondary N) is 1. The minimum atomic E-state index is -4.70. The summed E-state index contributed by atoms with van der Waals surface area (Å²) in [5.74, 6) is -0.806. The lowest BCUT2D eigenvalue weighted by Gasteiger charge is -2.47. The molecular formula is C20H22F4N4O3S. The third-order valence-electron chi connectivity index (χ3n) is 6.10. The summed E-state index contributed by atoms with van der Waals surface area (Å²) in [6.07, 6.45) is -2.43. The fourth-order valence-corrected chi connectivity index (χ4v) is 5.80. The number of hydrogen-bond acceptors (Lipinski definition) is 5. The van der Waals surface area contributed by atoms with Gasteiger partial charge in [-0.2, -0.15) is 22.6 Å². The second-order valence-electron chi connectivity index (χ2n) is 8.10. The summed E-state index contributed by atoms with van der Waals surface area (Å²) in [5.41, 5.74) is -0.280. The van der Waals surface area contributed by atoms with E-state index in [0.717, 1.165) is 18.4 Å². The predicted octanol–water partition coefficient (Wildman–Crippen LogP) is 3.42. The van der Waals surface area contributed by atoms with E-state index in [2.05, 4.69) is 10.2 Å². The molecule has 0 bridgehead atoms. The van der Waals surface area contributed by atoms with Crippen molar-refractivity contribution < 1.29 is 30.8 Å². The Labute approximate surface area is 182 Å². The number of benzene rings is 1. The van der Waals surface area contributed by atoms with Gasteiger partial charge in [0.15, 0.2) is 6.29 Å². The zero-order valence-corrected chi connectivity index (χ0v) is 18.0. The van der Waals surface area contributed by atoms with Gasteiger partial charge in [0.1, 0.15) is 17.7 Å². The molecule has 174 valence electrons. The highest BCUT2D eigenvalue weighted by atomic mass is 32.2. The molecule has 2 atom stereocenters. The molecule has 0 spiro atoms. The maximum atomic E-state index is 14.1. The topological polar surface area (TPSA) is 86.4 Å². The Morgan fingerprint density at radius 3 is 2.62 bits per heavy atom. The van der Waals surface area contributed by atoms with Gasteiger partial charge < -0.3 is 0 Å². The van der Waals surface area contributed by atoms with Crippen LogP contribution in [0.4, 0.5) is 17.6 Å². The van der Waals surface area contributed by atoms with Gasteiger partial charge in [-0.05, 0) is 36.6 Å². The van der Waals surface area contributed by atoms with Crippen molar-refractivity contribution in [2.45, 2.75) is 44.1 Å². The van der Waals surface area contributed by atoms with Crippen LogP contribution in [0.25, 0.3) is 0 Å². The molecule has 2 unspecified atom stereocenters. The second kappa shape index (κ2) is 8.23. The standard InChI is InChI=1S/C20H22F4N4O3S/c1-32(30,31)28-9-7-15-18(16(11-29)26-25-15)19(28)27-8-3-2-4-17(27)13-10-12(21)5-6-14(13)20(22,23)24/h5-6,10-11,17,19H,2-4,7-9H2,1H3,(H,25,26). The summed E-state index contributed by atoms with van der Waals surface area (Å²) >= 11 is 0. The third kappa shape index (κ3) is 4.06. The van der Waals surface area contributed by atoms with Crippen LogP contribution in [-0.2, 0) is 22.6 Å². The Morgan fingerprint density at radius 2 is 1.97 bits per heavy atom. The first-order valence-corrected chi connectivity index (χ1v) is 12.0. The summed E-state index contributed by atoms with van der Waals surface area (Å²) in [6.45, 7) is 0.355. The number of carbonyl (C=O) groups excluding carboxylic acids is 1.